The molecule has 2 aliphatic rings. The number of anilines is 1. The SMILES string of the molecule is CCOC(=O)c1ccc(N2C(=O)N[C@@H]3C[C@@]2(C)Oc2ccc(Cl)cc23)cc1. The number of nitrogens with zero attached hydrogens (tertiary/aromatic N) is 1. The molecule has 2 aliphatic heterocycles. The first-order valence-corrected chi connectivity index (χ1v) is 9.15. The highest BCUT2D eigenvalue weighted by atomic mass is 35.5. The summed E-state index contributed by atoms with van der Waals surface area (Å²) in [4.78, 5) is 26.3. The maximum absolute atomic E-state index is 12.8. The zero-order valence-electron chi connectivity index (χ0n) is 15.0. The Morgan fingerprint density at radius 1 is 1.33 bits per heavy atom. The summed E-state index contributed by atoms with van der Waals surface area (Å²) in [5, 5.41) is 3.62. The van der Waals surface area contributed by atoms with Crippen LogP contribution in [-0.2, 0) is 4.74 Å². The van der Waals surface area contributed by atoms with Crippen molar-refractivity contribution >= 4 is 29.3 Å². The summed E-state index contributed by atoms with van der Waals surface area (Å²) < 4.78 is 11.2. The van der Waals surface area contributed by atoms with Gasteiger partial charge in [0.25, 0.3) is 0 Å². The highest BCUT2D eigenvalue weighted by Gasteiger charge is 2.49. The van der Waals surface area contributed by atoms with E-state index in [2.05, 4.69) is 5.32 Å². The predicted octanol–water partition coefficient (Wildman–Crippen LogP) is 4.29. The van der Waals surface area contributed by atoms with Crippen LogP contribution in [0.3, 0.4) is 0 Å². The molecule has 1 N–H and O–H groups in total. The normalized spacial score (nSPS) is 23.1. The third kappa shape index (κ3) is 3.00. The predicted molar refractivity (Wildman–Crippen MR) is 101 cm³/mol. The molecule has 2 aromatic rings. The van der Waals surface area contributed by atoms with Gasteiger partial charge in [-0.25, -0.2) is 9.59 Å². The second-order valence-electron chi connectivity index (χ2n) is 6.77. The fourth-order valence-electron chi connectivity index (χ4n) is 3.70. The van der Waals surface area contributed by atoms with Gasteiger partial charge >= 0.3 is 12.0 Å². The zero-order chi connectivity index (χ0) is 19.2. The number of hydrogen-bond donors (Lipinski definition) is 1. The molecule has 4 rings (SSSR count). The average Bonchev–Trinajstić information content (AvgIpc) is 2.62. The molecule has 0 aliphatic carbocycles. The molecule has 2 heterocycles. The molecule has 2 aromatic carbocycles. The van der Waals surface area contributed by atoms with Gasteiger partial charge in [0.2, 0.25) is 0 Å². The van der Waals surface area contributed by atoms with Crippen molar-refractivity contribution < 1.29 is 19.1 Å². The largest absolute Gasteiger partial charge is 0.467 e. The van der Waals surface area contributed by atoms with Gasteiger partial charge in [-0.1, -0.05) is 11.6 Å². The molecular formula is C20H19ClN2O4. The van der Waals surface area contributed by atoms with E-state index in [1.807, 2.05) is 19.1 Å². The minimum Gasteiger partial charge on any atom is -0.467 e. The van der Waals surface area contributed by atoms with Crippen LogP contribution in [0.2, 0.25) is 5.02 Å². The first kappa shape index (κ1) is 17.7. The number of rotatable bonds is 3. The molecule has 2 atom stereocenters. The Morgan fingerprint density at radius 3 is 2.78 bits per heavy atom. The van der Waals surface area contributed by atoms with Crippen LogP contribution in [0.15, 0.2) is 42.5 Å². The van der Waals surface area contributed by atoms with E-state index < -0.39 is 11.7 Å². The molecule has 0 radical (unpaired) electrons. The lowest BCUT2D eigenvalue weighted by atomic mass is 9.90. The molecule has 1 saturated heterocycles. The lowest BCUT2D eigenvalue weighted by Crippen LogP contribution is -2.65. The number of amides is 2. The number of fused-ring (bicyclic) bond motifs is 4. The maximum Gasteiger partial charge on any atom is 0.338 e. The third-order valence-electron chi connectivity index (χ3n) is 4.87. The molecule has 6 nitrogen and oxygen atoms in total. The number of urea groups is 1. The van der Waals surface area contributed by atoms with E-state index in [4.69, 9.17) is 21.1 Å². The number of halogens is 1. The lowest BCUT2D eigenvalue weighted by Gasteiger charge is -2.50. The Bertz CT molecular complexity index is 915. The van der Waals surface area contributed by atoms with Crippen LogP contribution in [0, 0.1) is 0 Å². The fourth-order valence-corrected chi connectivity index (χ4v) is 3.88. The Morgan fingerprint density at radius 2 is 2.07 bits per heavy atom. The van der Waals surface area contributed by atoms with Gasteiger partial charge in [-0.3, -0.25) is 4.90 Å². The van der Waals surface area contributed by atoms with Crippen molar-refractivity contribution in [1.82, 2.24) is 5.32 Å². The van der Waals surface area contributed by atoms with Crippen molar-refractivity contribution in [2.75, 3.05) is 11.5 Å². The van der Waals surface area contributed by atoms with E-state index in [0.29, 0.717) is 35.1 Å². The summed E-state index contributed by atoms with van der Waals surface area (Å²) in [6.07, 6.45) is 0.575. The van der Waals surface area contributed by atoms with Gasteiger partial charge in [0.1, 0.15) is 5.75 Å². The molecule has 2 bridgehead atoms. The van der Waals surface area contributed by atoms with Crippen molar-refractivity contribution in [2.45, 2.75) is 32.0 Å². The molecule has 27 heavy (non-hydrogen) atoms. The van der Waals surface area contributed by atoms with Crippen LogP contribution in [-0.4, -0.2) is 24.3 Å². The van der Waals surface area contributed by atoms with E-state index >= 15 is 0 Å². The Labute approximate surface area is 162 Å². The van der Waals surface area contributed by atoms with E-state index in [-0.39, 0.29) is 12.1 Å². The van der Waals surface area contributed by atoms with Crippen LogP contribution in [0.25, 0.3) is 0 Å². The molecule has 140 valence electrons. The summed E-state index contributed by atoms with van der Waals surface area (Å²) in [6, 6.07) is 11.7. The van der Waals surface area contributed by atoms with Crippen LogP contribution in [0.4, 0.5) is 10.5 Å². The van der Waals surface area contributed by atoms with Gasteiger partial charge in [-0.2, -0.15) is 0 Å². The summed E-state index contributed by atoms with van der Waals surface area (Å²) in [7, 11) is 0. The first-order valence-electron chi connectivity index (χ1n) is 8.77. The molecule has 0 saturated carbocycles. The van der Waals surface area contributed by atoms with E-state index in [1.54, 1.807) is 42.2 Å². The summed E-state index contributed by atoms with van der Waals surface area (Å²) in [5.41, 5.74) is 1.11. The number of hydrogen-bond acceptors (Lipinski definition) is 4. The Balaban J connectivity index is 1.67. The van der Waals surface area contributed by atoms with Gasteiger partial charge in [0.05, 0.1) is 18.2 Å². The second kappa shape index (κ2) is 6.46. The minimum atomic E-state index is -0.848. The van der Waals surface area contributed by atoms with Gasteiger partial charge in [0, 0.05) is 22.7 Å². The maximum atomic E-state index is 12.8. The molecule has 1 fully saturated rings. The van der Waals surface area contributed by atoms with E-state index in [0.717, 1.165) is 5.56 Å². The molecule has 2 amide bonds. The van der Waals surface area contributed by atoms with Gasteiger partial charge in [0.15, 0.2) is 5.72 Å². The smallest absolute Gasteiger partial charge is 0.338 e. The monoisotopic (exact) mass is 386 g/mol. The summed E-state index contributed by atoms with van der Waals surface area (Å²) in [6.45, 7) is 3.95. The zero-order valence-corrected chi connectivity index (χ0v) is 15.7. The minimum absolute atomic E-state index is 0.167. The number of carbonyl (C=O) groups is 2. The molecule has 0 aromatic heterocycles. The standard InChI is InChI=1S/C20H19ClN2O4/c1-3-26-18(24)12-4-7-14(8-5-12)23-19(25)22-16-11-20(23,2)27-17-9-6-13(21)10-15(16)17/h4-10,16H,3,11H2,1-2H3,(H,22,25)/t16-,20-/m1/s1. The average molecular weight is 387 g/mol. The van der Waals surface area contributed by atoms with Crippen molar-refractivity contribution in [1.29, 1.82) is 0 Å². The summed E-state index contributed by atoms with van der Waals surface area (Å²) in [5.74, 6) is 0.310. The number of nitrogens with one attached hydrogen (secondary N) is 1. The van der Waals surface area contributed by atoms with Crippen LogP contribution < -0.4 is 15.0 Å². The second-order valence-corrected chi connectivity index (χ2v) is 7.20. The van der Waals surface area contributed by atoms with Crippen molar-refractivity contribution in [3.8, 4) is 5.75 Å². The summed E-state index contributed by atoms with van der Waals surface area (Å²) >= 11 is 6.10. The Hall–Kier alpha value is -2.73. The van der Waals surface area contributed by atoms with Crippen molar-refractivity contribution in [2.24, 2.45) is 0 Å². The van der Waals surface area contributed by atoms with Gasteiger partial charge < -0.3 is 14.8 Å². The lowest BCUT2D eigenvalue weighted by molar-refractivity contribution is 0.0379. The van der Waals surface area contributed by atoms with Gasteiger partial charge in [-0.15, -0.1) is 0 Å². The highest BCUT2D eigenvalue weighted by Crippen LogP contribution is 2.46. The number of benzene rings is 2. The number of ether oxygens (including phenoxy) is 2. The topological polar surface area (TPSA) is 67.9 Å². The molecule has 0 unspecified atom stereocenters. The number of esters is 1. The van der Waals surface area contributed by atoms with Crippen molar-refractivity contribution in [3.63, 3.8) is 0 Å². The van der Waals surface area contributed by atoms with E-state index in [9.17, 15) is 9.59 Å². The quantitative estimate of drug-likeness (QED) is 0.799. The van der Waals surface area contributed by atoms with E-state index in [1.165, 1.54) is 0 Å². The van der Waals surface area contributed by atoms with Crippen molar-refractivity contribution in [3.05, 3.63) is 58.6 Å². The van der Waals surface area contributed by atoms with Crippen LogP contribution in [0.1, 0.15) is 42.2 Å². The fraction of sp³-hybridized carbons (Fsp3) is 0.300. The van der Waals surface area contributed by atoms with Gasteiger partial charge in [-0.05, 0) is 56.3 Å². The Kier molecular flexibility index (Phi) is 4.23. The number of carbonyl (C=O) groups excluding carboxylic acids is 2. The third-order valence-corrected chi connectivity index (χ3v) is 5.11. The molecule has 0 spiro atoms. The molecular weight excluding hydrogens is 368 g/mol. The highest BCUT2D eigenvalue weighted by molar-refractivity contribution is 6.30. The first-order chi connectivity index (χ1) is 12.9. The van der Waals surface area contributed by atoms with Crippen LogP contribution in [0.5, 0.6) is 5.75 Å². The van der Waals surface area contributed by atoms with Crippen LogP contribution >= 0.6 is 11.6 Å². The molecule has 7 heteroatoms.